The van der Waals surface area contributed by atoms with Crippen molar-refractivity contribution in [2.45, 2.75) is 18.6 Å². The molecule has 32 heavy (non-hydrogen) atoms. The van der Waals surface area contributed by atoms with Gasteiger partial charge in [0.05, 0.1) is 17.7 Å². The molecule has 10 nitrogen and oxygen atoms in total. The molecule has 0 radical (unpaired) electrons. The third-order valence-corrected chi connectivity index (χ3v) is 5.71. The second-order valence-corrected chi connectivity index (χ2v) is 8.23. The van der Waals surface area contributed by atoms with Crippen molar-refractivity contribution >= 4 is 35.4 Å². The van der Waals surface area contributed by atoms with Gasteiger partial charge in [0, 0.05) is 5.56 Å². The van der Waals surface area contributed by atoms with E-state index in [1.807, 2.05) is 6.92 Å². The van der Waals surface area contributed by atoms with Gasteiger partial charge >= 0.3 is 0 Å². The van der Waals surface area contributed by atoms with Crippen LogP contribution >= 0.6 is 11.8 Å². The van der Waals surface area contributed by atoms with E-state index < -0.39 is 17.7 Å². The first-order valence-corrected chi connectivity index (χ1v) is 10.8. The van der Waals surface area contributed by atoms with Gasteiger partial charge in [-0.1, -0.05) is 24.8 Å². The van der Waals surface area contributed by atoms with E-state index >= 15 is 0 Å². The fraction of sp³-hybridized carbons (Fsp3) is 0.190. The van der Waals surface area contributed by atoms with E-state index in [9.17, 15) is 14.4 Å². The van der Waals surface area contributed by atoms with E-state index in [-0.39, 0.29) is 36.0 Å². The average Bonchev–Trinajstić information content (AvgIpc) is 3.49. The van der Waals surface area contributed by atoms with Crippen molar-refractivity contribution in [1.82, 2.24) is 20.1 Å². The first-order valence-electron chi connectivity index (χ1n) is 9.79. The number of aromatic nitrogens is 3. The molecule has 11 heteroatoms. The van der Waals surface area contributed by atoms with Gasteiger partial charge in [0.1, 0.15) is 0 Å². The predicted octanol–water partition coefficient (Wildman–Crippen LogP) is 2.69. The van der Waals surface area contributed by atoms with Crippen LogP contribution in [0.2, 0.25) is 0 Å². The van der Waals surface area contributed by atoms with Crippen LogP contribution in [0, 0.1) is 0 Å². The SMILES string of the molecule is CCSc1n[nH]c(NC(=O)c2ccc3c(c2)C(=O)N(Cc2ccc4c(c2)OCO4)C3=O)n1. The lowest BCUT2D eigenvalue weighted by molar-refractivity contribution is 0.0642. The van der Waals surface area contributed by atoms with Gasteiger partial charge < -0.3 is 9.47 Å². The number of ether oxygens (including phenoxy) is 2. The second kappa shape index (κ2) is 8.00. The van der Waals surface area contributed by atoms with Gasteiger partial charge in [-0.2, -0.15) is 4.98 Å². The molecule has 2 aliphatic heterocycles. The van der Waals surface area contributed by atoms with Crippen molar-refractivity contribution in [2.75, 3.05) is 17.9 Å². The molecule has 0 bridgehead atoms. The topological polar surface area (TPSA) is 127 Å². The number of anilines is 1. The lowest BCUT2D eigenvalue weighted by Crippen LogP contribution is -2.29. The number of benzene rings is 2. The van der Waals surface area contributed by atoms with Gasteiger partial charge in [0.15, 0.2) is 11.5 Å². The molecule has 0 unspecified atom stereocenters. The zero-order chi connectivity index (χ0) is 22.2. The van der Waals surface area contributed by atoms with E-state index in [0.717, 1.165) is 16.2 Å². The van der Waals surface area contributed by atoms with Crippen LogP contribution in [0.5, 0.6) is 11.5 Å². The number of hydrogen-bond donors (Lipinski definition) is 2. The molecule has 3 heterocycles. The number of carbonyl (C=O) groups is 3. The summed E-state index contributed by atoms with van der Waals surface area (Å²) in [6.07, 6.45) is 0. The van der Waals surface area contributed by atoms with Crippen LogP contribution in [0.1, 0.15) is 43.6 Å². The molecule has 1 aromatic heterocycles. The Hall–Kier alpha value is -3.86. The summed E-state index contributed by atoms with van der Waals surface area (Å²) in [6.45, 7) is 2.20. The number of nitrogens with one attached hydrogen (secondary N) is 2. The van der Waals surface area contributed by atoms with Crippen molar-refractivity contribution < 1.29 is 23.9 Å². The maximum atomic E-state index is 12.9. The number of H-pyrrole nitrogens is 1. The molecule has 162 valence electrons. The van der Waals surface area contributed by atoms with Crippen LogP contribution in [0.25, 0.3) is 0 Å². The second-order valence-electron chi connectivity index (χ2n) is 7.00. The van der Waals surface area contributed by atoms with Crippen LogP contribution < -0.4 is 14.8 Å². The van der Waals surface area contributed by atoms with Crippen molar-refractivity contribution in [3.8, 4) is 11.5 Å². The molecule has 3 aromatic rings. The summed E-state index contributed by atoms with van der Waals surface area (Å²) in [7, 11) is 0. The quantitative estimate of drug-likeness (QED) is 0.433. The van der Waals surface area contributed by atoms with E-state index in [2.05, 4.69) is 20.5 Å². The van der Waals surface area contributed by atoms with Crippen LogP contribution in [-0.2, 0) is 6.54 Å². The monoisotopic (exact) mass is 451 g/mol. The molecule has 2 N–H and O–H groups in total. The smallest absolute Gasteiger partial charge is 0.261 e. The minimum atomic E-state index is -0.466. The Kier molecular flexibility index (Phi) is 5.02. The molecule has 2 aromatic carbocycles. The highest BCUT2D eigenvalue weighted by atomic mass is 32.2. The molecule has 2 aliphatic rings. The van der Waals surface area contributed by atoms with Crippen molar-refractivity contribution in [3.63, 3.8) is 0 Å². The lowest BCUT2D eigenvalue weighted by atomic mass is 10.1. The molecular weight excluding hydrogens is 434 g/mol. The van der Waals surface area contributed by atoms with E-state index in [0.29, 0.717) is 16.7 Å². The number of imide groups is 1. The standard InChI is InChI=1S/C21H17N5O5S/c1-2-32-21-23-20(24-25-21)22-17(27)12-4-5-13-14(8-12)19(29)26(18(13)28)9-11-3-6-15-16(7-11)31-10-30-15/h3-8H,2,9-10H2,1H3,(H2,22,23,24,25,27). The molecule has 0 aliphatic carbocycles. The predicted molar refractivity (Wildman–Crippen MR) is 114 cm³/mol. The Morgan fingerprint density at radius 2 is 1.94 bits per heavy atom. The third kappa shape index (κ3) is 3.56. The lowest BCUT2D eigenvalue weighted by Gasteiger charge is -2.14. The maximum absolute atomic E-state index is 12.9. The van der Waals surface area contributed by atoms with E-state index in [1.165, 1.54) is 30.0 Å². The van der Waals surface area contributed by atoms with Crippen LogP contribution in [0.4, 0.5) is 5.95 Å². The summed E-state index contributed by atoms with van der Waals surface area (Å²) >= 11 is 1.44. The Morgan fingerprint density at radius 3 is 2.78 bits per heavy atom. The highest BCUT2D eigenvalue weighted by molar-refractivity contribution is 7.99. The van der Waals surface area contributed by atoms with E-state index in [1.54, 1.807) is 18.2 Å². The Bertz CT molecular complexity index is 1260. The molecule has 0 saturated carbocycles. The maximum Gasteiger partial charge on any atom is 0.261 e. The van der Waals surface area contributed by atoms with Crippen LogP contribution in [0.15, 0.2) is 41.6 Å². The molecular formula is C21H17N5O5S. The molecule has 3 amide bonds. The number of rotatable bonds is 6. The summed E-state index contributed by atoms with van der Waals surface area (Å²) in [5.74, 6) is 0.869. The summed E-state index contributed by atoms with van der Waals surface area (Å²) in [5.41, 5.74) is 1.40. The zero-order valence-electron chi connectivity index (χ0n) is 16.9. The summed E-state index contributed by atoms with van der Waals surface area (Å²) in [6, 6.07) is 9.67. The largest absolute Gasteiger partial charge is 0.454 e. The normalized spacial score (nSPS) is 14.1. The van der Waals surface area contributed by atoms with Gasteiger partial charge in [-0.25, -0.2) is 5.10 Å². The number of thioether (sulfide) groups is 1. The number of carbonyl (C=O) groups excluding carboxylic acids is 3. The molecule has 5 rings (SSSR count). The minimum Gasteiger partial charge on any atom is -0.454 e. The molecule has 0 fully saturated rings. The number of nitrogens with zero attached hydrogens (tertiary/aromatic N) is 3. The van der Waals surface area contributed by atoms with Crippen molar-refractivity contribution in [2.24, 2.45) is 0 Å². The Balaban J connectivity index is 1.33. The van der Waals surface area contributed by atoms with Gasteiger partial charge in [0.25, 0.3) is 17.7 Å². The van der Waals surface area contributed by atoms with Gasteiger partial charge in [-0.3, -0.25) is 24.6 Å². The highest BCUT2D eigenvalue weighted by Crippen LogP contribution is 2.34. The van der Waals surface area contributed by atoms with Gasteiger partial charge in [0.2, 0.25) is 17.9 Å². The Morgan fingerprint density at radius 1 is 1.12 bits per heavy atom. The Labute approximate surface area is 186 Å². The zero-order valence-corrected chi connectivity index (χ0v) is 17.7. The van der Waals surface area contributed by atoms with E-state index in [4.69, 9.17) is 9.47 Å². The van der Waals surface area contributed by atoms with Crippen molar-refractivity contribution in [1.29, 1.82) is 0 Å². The molecule has 0 saturated heterocycles. The van der Waals surface area contributed by atoms with Gasteiger partial charge in [-0.05, 0) is 41.6 Å². The number of fused-ring (bicyclic) bond motifs is 2. The summed E-state index contributed by atoms with van der Waals surface area (Å²) < 4.78 is 10.6. The minimum absolute atomic E-state index is 0.0838. The summed E-state index contributed by atoms with van der Waals surface area (Å²) in [4.78, 5) is 43.7. The summed E-state index contributed by atoms with van der Waals surface area (Å²) in [5, 5.41) is 9.78. The molecule has 0 atom stereocenters. The van der Waals surface area contributed by atoms with Gasteiger partial charge in [-0.15, -0.1) is 5.10 Å². The fourth-order valence-corrected chi connectivity index (χ4v) is 4.00. The number of hydrogen-bond acceptors (Lipinski definition) is 8. The van der Waals surface area contributed by atoms with Crippen LogP contribution in [-0.4, -0.2) is 50.3 Å². The average molecular weight is 451 g/mol. The fourth-order valence-electron chi connectivity index (χ4n) is 3.47. The first-order chi connectivity index (χ1) is 15.5. The number of aromatic amines is 1. The highest BCUT2D eigenvalue weighted by Gasteiger charge is 2.36. The van der Waals surface area contributed by atoms with Crippen molar-refractivity contribution in [3.05, 3.63) is 58.7 Å². The first kappa shape index (κ1) is 20.1. The molecule has 0 spiro atoms. The van der Waals surface area contributed by atoms with Crippen LogP contribution in [0.3, 0.4) is 0 Å². The third-order valence-electron chi connectivity index (χ3n) is 4.98. The number of amides is 3.